The Morgan fingerprint density at radius 3 is 2.44 bits per heavy atom. The van der Waals surface area contributed by atoms with Crippen LogP contribution in [0, 0.1) is 6.92 Å². The second-order valence-corrected chi connectivity index (χ2v) is 4.54. The molecule has 0 aliphatic heterocycles. The molecule has 1 aromatic carbocycles. The van der Waals surface area contributed by atoms with Crippen LogP contribution in [0.15, 0.2) is 34.7 Å². The Kier molecular flexibility index (Phi) is 4.08. The number of rotatable bonds is 5. The molecule has 1 heterocycles. The van der Waals surface area contributed by atoms with E-state index in [0.717, 1.165) is 30.9 Å². The van der Waals surface area contributed by atoms with Crippen molar-refractivity contribution in [3.8, 4) is 0 Å². The molecule has 0 radical (unpaired) electrons. The summed E-state index contributed by atoms with van der Waals surface area (Å²) in [5.74, 6) is 2.05. The van der Waals surface area contributed by atoms with E-state index in [4.69, 9.17) is 4.42 Å². The van der Waals surface area contributed by atoms with E-state index in [0.29, 0.717) is 0 Å². The summed E-state index contributed by atoms with van der Waals surface area (Å²) in [4.78, 5) is 0. The number of nitrogens with one attached hydrogen (secondary N) is 1. The van der Waals surface area contributed by atoms with Gasteiger partial charge >= 0.3 is 0 Å². The Morgan fingerprint density at radius 1 is 1.00 bits per heavy atom. The molecule has 96 valence electrons. The third-order valence-corrected chi connectivity index (χ3v) is 3.25. The molecule has 2 heteroatoms. The Morgan fingerprint density at radius 2 is 1.78 bits per heavy atom. The lowest BCUT2D eigenvalue weighted by Gasteiger charge is -2.12. The first kappa shape index (κ1) is 12.7. The number of furan rings is 1. The highest BCUT2D eigenvalue weighted by Crippen LogP contribution is 2.22. The maximum Gasteiger partial charge on any atom is 0.123 e. The van der Waals surface area contributed by atoms with Crippen LogP contribution in [0.1, 0.15) is 36.5 Å². The molecule has 0 aliphatic rings. The minimum Gasteiger partial charge on any atom is -0.464 e. The van der Waals surface area contributed by atoms with Gasteiger partial charge in [0.25, 0.3) is 0 Å². The average Bonchev–Trinajstić information content (AvgIpc) is 2.85. The van der Waals surface area contributed by atoms with Crippen molar-refractivity contribution < 1.29 is 4.42 Å². The van der Waals surface area contributed by atoms with Gasteiger partial charge < -0.3 is 9.73 Å². The van der Waals surface area contributed by atoms with Gasteiger partial charge in [-0.1, -0.05) is 32.0 Å². The van der Waals surface area contributed by atoms with E-state index in [-0.39, 0.29) is 0 Å². The number of anilines is 1. The van der Waals surface area contributed by atoms with Crippen LogP contribution in [0.5, 0.6) is 0 Å². The number of benzene rings is 1. The smallest absolute Gasteiger partial charge is 0.123 e. The molecule has 2 rings (SSSR count). The molecule has 0 fully saturated rings. The fraction of sp³-hybridized carbons (Fsp3) is 0.375. The number of hydrogen-bond donors (Lipinski definition) is 1. The molecule has 2 nitrogen and oxygen atoms in total. The molecule has 1 N–H and O–H groups in total. The van der Waals surface area contributed by atoms with E-state index < -0.39 is 0 Å². The Labute approximate surface area is 109 Å². The molecular weight excluding hydrogens is 222 g/mol. The molecule has 0 bridgehead atoms. The Balaban J connectivity index is 2.10. The van der Waals surface area contributed by atoms with Crippen molar-refractivity contribution in [2.75, 3.05) is 5.32 Å². The molecule has 0 spiro atoms. The monoisotopic (exact) mass is 243 g/mol. The predicted octanol–water partition coefficient (Wildman–Crippen LogP) is 4.32. The van der Waals surface area contributed by atoms with Gasteiger partial charge in [-0.15, -0.1) is 0 Å². The quantitative estimate of drug-likeness (QED) is 0.845. The molecule has 0 aliphatic carbocycles. The van der Waals surface area contributed by atoms with E-state index in [1.165, 1.54) is 16.8 Å². The van der Waals surface area contributed by atoms with Crippen LogP contribution in [0.4, 0.5) is 5.69 Å². The maximum absolute atomic E-state index is 5.71. The molecule has 0 unspecified atom stereocenters. The van der Waals surface area contributed by atoms with Crippen LogP contribution in [0.2, 0.25) is 0 Å². The van der Waals surface area contributed by atoms with Crippen molar-refractivity contribution in [1.29, 1.82) is 0 Å². The zero-order valence-corrected chi connectivity index (χ0v) is 11.4. The lowest BCUT2D eigenvalue weighted by atomic mass is 10.1. The first-order chi connectivity index (χ1) is 8.74. The van der Waals surface area contributed by atoms with Crippen molar-refractivity contribution in [1.82, 2.24) is 0 Å². The van der Waals surface area contributed by atoms with Gasteiger partial charge in [0, 0.05) is 12.1 Å². The van der Waals surface area contributed by atoms with Crippen LogP contribution in [0.3, 0.4) is 0 Å². The fourth-order valence-electron chi connectivity index (χ4n) is 2.16. The van der Waals surface area contributed by atoms with Gasteiger partial charge in [-0.2, -0.15) is 0 Å². The molecule has 0 atom stereocenters. The third kappa shape index (κ3) is 2.76. The normalized spacial score (nSPS) is 10.6. The average molecular weight is 243 g/mol. The van der Waals surface area contributed by atoms with Crippen LogP contribution >= 0.6 is 0 Å². The second kappa shape index (κ2) is 5.76. The summed E-state index contributed by atoms with van der Waals surface area (Å²) in [6, 6.07) is 10.5. The minimum absolute atomic E-state index is 0.748. The molecule has 1 aromatic heterocycles. The topological polar surface area (TPSA) is 25.2 Å². The molecular formula is C16H21NO. The highest BCUT2D eigenvalue weighted by Gasteiger charge is 2.05. The molecule has 0 saturated carbocycles. The lowest BCUT2D eigenvalue weighted by molar-refractivity contribution is 0.476. The van der Waals surface area contributed by atoms with Crippen molar-refractivity contribution in [3.05, 3.63) is 53.0 Å². The molecule has 2 aromatic rings. The van der Waals surface area contributed by atoms with Crippen molar-refractivity contribution >= 4 is 5.69 Å². The SMILES string of the molecule is CCc1ccc(CNc2c(C)cccc2CC)o1. The van der Waals surface area contributed by atoms with E-state index in [2.05, 4.69) is 56.4 Å². The van der Waals surface area contributed by atoms with E-state index in [1.54, 1.807) is 0 Å². The molecule has 18 heavy (non-hydrogen) atoms. The molecule has 0 amide bonds. The highest BCUT2D eigenvalue weighted by molar-refractivity contribution is 5.57. The van der Waals surface area contributed by atoms with Crippen molar-refractivity contribution in [2.24, 2.45) is 0 Å². The first-order valence-corrected chi connectivity index (χ1v) is 6.64. The molecule has 0 saturated heterocycles. The fourth-order valence-corrected chi connectivity index (χ4v) is 2.16. The second-order valence-electron chi connectivity index (χ2n) is 4.54. The first-order valence-electron chi connectivity index (χ1n) is 6.64. The number of aryl methyl sites for hydroxylation is 3. The van der Waals surface area contributed by atoms with Gasteiger partial charge in [0.05, 0.1) is 6.54 Å². The standard InChI is InChI=1S/C16H21NO/c1-4-13-8-6-7-12(3)16(13)17-11-15-10-9-14(5-2)18-15/h6-10,17H,4-5,11H2,1-3H3. The van der Waals surface area contributed by atoms with Crippen molar-refractivity contribution in [3.63, 3.8) is 0 Å². The Bertz CT molecular complexity index is 514. The van der Waals surface area contributed by atoms with E-state index in [9.17, 15) is 0 Å². The Hall–Kier alpha value is -1.70. The van der Waals surface area contributed by atoms with Crippen molar-refractivity contribution in [2.45, 2.75) is 40.2 Å². The zero-order chi connectivity index (χ0) is 13.0. The third-order valence-electron chi connectivity index (χ3n) is 3.25. The summed E-state index contributed by atoms with van der Waals surface area (Å²) in [5, 5.41) is 3.49. The van der Waals surface area contributed by atoms with Gasteiger partial charge in [0.15, 0.2) is 0 Å². The van der Waals surface area contributed by atoms with Gasteiger partial charge in [0.2, 0.25) is 0 Å². The largest absolute Gasteiger partial charge is 0.464 e. The summed E-state index contributed by atoms with van der Waals surface area (Å²) in [6.45, 7) is 7.17. The van der Waals surface area contributed by atoms with Crippen LogP contribution in [-0.2, 0) is 19.4 Å². The van der Waals surface area contributed by atoms with Gasteiger partial charge in [-0.25, -0.2) is 0 Å². The van der Waals surface area contributed by atoms with E-state index in [1.807, 2.05) is 0 Å². The summed E-state index contributed by atoms with van der Waals surface area (Å²) in [6.07, 6.45) is 1.99. The summed E-state index contributed by atoms with van der Waals surface area (Å²) < 4.78 is 5.71. The van der Waals surface area contributed by atoms with Crippen LogP contribution in [0.25, 0.3) is 0 Å². The lowest BCUT2D eigenvalue weighted by Crippen LogP contribution is -2.03. The van der Waals surface area contributed by atoms with Gasteiger partial charge in [-0.3, -0.25) is 0 Å². The highest BCUT2D eigenvalue weighted by atomic mass is 16.3. The predicted molar refractivity (Wildman–Crippen MR) is 76.0 cm³/mol. The number of para-hydroxylation sites is 1. The number of hydrogen-bond acceptors (Lipinski definition) is 2. The van der Waals surface area contributed by atoms with Gasteiger partial charge in [-0.05, 0) is 36.6 Å². The van der Waals surface area contributed by atoms with Crippen LogP contribution in [-0.4, -0.2) is 0 Å². The summed E-state index contributed by atoms with van der Waals surface area (Å²) >= 11 is 0. The summed E-state index contributed by atoms with van der Waals surface area (Å²) in [5.41, 5.74) is 3.89. The maximum atomic E-state index is 5.71. The van der Waals surface area contributed by atoms with E-state index >= 15 is 0 Å². The van der Waals surface area contributed by atoms with Crippen LogP contribution < -0.4 is 5.32 Å². The van der Waals surface area contributed by atoms with Gasteiger partial charge in [0.1, 0.15) is 11.5 Å². The minimum atomic E-state index is 0.748. The zero-order valence-electron chi connectivity index (χ0n) is 11.4. The summed E-state index contributed by atoms with van der Waals surface area (Å²) in [7, 11) is 0.